The Labute approximate surface area is 316 Å². The predicted molar refractivity (Wildman–Crippen MR) is 205 cm³/mol. The first-order valence-electron chi connectivity index (χ1n) is 19.5. The number of piperidine rings is 1. The molecule has 1 unspecified atom stereocenters. The number of aromatic nitrogens is 2. The van der Waals surface area contributed by atoms with E-state index in [9.17, 15) is 18.0 Å². The maximum atomic E-state index is 13.8. The first-order valence-corrected chi connectivity index (χ1v) is 19.5. The average Bonchev–Trinajstić information content (AvgIpc) is 3.47. The van der Waals surface area contributed by atoms with Crippen molar-refractivity contribution in [2.24, 2.45) is 5.92 Å². The standard InChI is InChI=1S/C41H51N5O.C2HF3O2/c47-41(31-45-26-12-4-11-19-39(45)36-24-27-44(28-25-36)30-32-13-5-1-6-14-32)42-40-29-38(43-46(40)37-17-9-3-10-18-37)35-22-20-34(21-23-35)33-15-7-2-8-16-33;3-2(4,5)1(6)7/h1,3,5-6,9-10,13-14,17-18,20-23,29,33,36,39H,2,4,7-8,11-12,15-16,19,24-28,30-31H2,(H,42,47);(H,6,7). The van der Waals surface area contributed by atoms with E-state index in [2.05, 4.69) is 69.7 Å². The summed E-state index contributed by atoms with van der Waals surface area (Å²) in [6, 6.07) is 32.5. The minimum Gasteiger partial charge on any atom is -0.475 e. The lowest BCUT2D eigenvalue weighted by Crippen LogP contribution is -2.47. The number of hydrogen-bond donors (Lipinski definition) is 2. The van der Waals surface area contributed by atoms with E-state index in [1.807, 2.05) is 41.1 Å². The lowest BCUT2D eigenvalue weighted by atomic mass is 9.84. The molecule has 0 radical (unpaired) electrons. The first kappa shape index (κ1) is 39.2. The zero-order chi connectivity index (χ0) is 37.9. The number of anilines is 1. The fraction of sp³-hybridized carbons (Fsp3) is 0.465. The van der Waals surface area contributed by atoms with Crippen LogP contribution >= 0.6 is 0 Å². The first-order chi connectivity index (χ1) is 26.1. The van der Waals surface area contributed by atoms with Crippen LogP contribution in [0.25, 0.3) is 16.9 Å². The Bertz CT molecular complexity index is 1770. The number of likely N-dealkylation sites (tertiary alicyclic amines) is 2. The van der Waals surface area contributed by atoms with Gasteiger partial charge in [-0.05, 0) is 93.3 Å². The van der Waals surface area contributed by atoms with Crippen molar-refractivity contribution in [2.45, 2.75) is 95.3 Å². The van der Waals surface area contributed by atoms with E-state index in [1.54, 1.807) is 0 Å². The van der Waals surface area contributed by atoms with E-state index < -0.39 is 12.1 Å². The maximum Gasteiger partial charge on any atom is 0.490 e. The summed E-state index contributed by atoms with van der Waals surface area (Å²) in [6.45, 7) is 4.73. The molecule has 288 valence electrons. The van der Waals surface area contributed by atoms with E-state index in [4.69, 9.17) is 15.0 Å². The Morgan fingerprint density at radius 3 is 2.02 bits per heavy atom. The van der Waals surface area contributed by atoms with Crippen LogP contribution in [-0.2, 0) is 16.1 Å². The molecule has 4 aromatic rings. The van der Waals surface area contributed by atoms with Crippen molar-refractivity contribution in [3.8, 4) is 16.9 Å². The summed E-state index contributed by atoms with van der Waals surface area (Å²) in [5, 5.41) is 15.4. The Hall–Kier alpha value is -4.48. The monoisotopic (exact) mass is 743 g/mol. The van der Waals surface area contributed by atoms with Crippen LogP contribution in [0.15, 0.2) is 91.0 Å². The van der Waals surface area contributed by atoms with Crippen molar-refractivity contribution in [1.82, 2.24) is 19.6 Å². The van der Waals surface area contributed by atoms with Gasteiger partial charge in [0.15, 0.2) is 0 Å². The van der Waals surface area contributed by atoms with Gasteiger partial charge in [-0.25, -0.2) is 9.48 Å². The lowest BCUT2D eigenvalue weighted by molar-refractivity contribution is -0.192. The fourth-order valence-corrected chi connectivity index (χ4v) is 8.37. The number of amides is 1. The number of carbonyl (C=O) groups is 2. The molecule has 2 saturated heterocycles. The molecular weight excluding hydrogens is 691 g/mol. The molecule has 0 bridgehead atoms. The van der Waals surface area contributed by atoms with Crippen molar-refractivity contribution in [3.63, 3.8) is 0 Å². The molecular formula is C43H52F3N5O3. The second-order valence-electron chi connectivity index (χ2n) is 15.0. The summed E-state index contributed by atoms with van der Waals surface area (Å²) in [7, 11) is 0. The molecule has 3 aliphatic rings. The third-order valence-electron chi connectivity index (χ3n) is 11.2. The van der Waals surface area contributed by atoms with Gasteiger partial charge < -0.3 is 10.4 Å². The SMILES string of the molecule is O=C(CN1CCCCCC1C1CCN(Cc2ccccc2)CC1)Nc1cc(-c2ccc(C3CCCCC3)cc2)nn1-c1ccccc1.O=C(O)C(F)(F)F. The zero-order valence-electron chi connectivity index (χ0n) is 30.9. The van der Waals surface area contributed by atoms with Gasteiger partial charge in [-0.1, -0.05) is 105 Å². The highest BCUT2D eigenvalue weighted by atomic mass is 19.4. The summed E-state index contributed by atoms with van der Waals surface area (Å²) in [4.78, 5) is 27.8. The number of alkyl halides is 3. The number of halogens is 3. The highest BCUT2D eigenvalue weighted by molar-refractivity contribution is 5.92. The molecule has 11 heteroatoms. The highest BCUT2D eigenvalue weighted by Gasteiger charge is 2.38. The van der Waals surface area contributed by atoms with Crippen LogP contribution in [0.3, 0.4) is 0 Å². The lowest BCUT2D eigenvalue weighted by Gasteiger charge is -2.40. The molecule has 3 aromatic carbocycles. The van der Waals surface area contributed by atoms with Crippen LogP contribution in [0.4, 0.5) is 19.0 Å². The number of para-hydroxylation sites is 1. The summed E-state index contributed by atoms with van der Waals surface area (Å²) >= 11 is 0. The van der Waals surface area contributed by atoms with Crippen LogP contribution in [0.2, 0.25) is 0 Å². The second-order valence-corrected chi connectivity index (χ2v) is 15.0. The number of aliphatic carboxylic acids is 1. The molecule has 0 spiro atoms. The summed E-state index contributed by atoms with van der Waals surface area (Å²) < 4.78 is 33.6. The smallest absolute Gasteiger partial charge is 0.475 e. The van der Waals surface area contributed by atoms with Crippen LogP contribution in [-0.4, -0.2) is 75.0 Å². The van der Waals surface area contributed by atoms with Gasteiger partial charge in [0.25, 0.3) is 0 Å². The van der Waals surface area contributed by atoms with Gasteiger partial charge in [-0.3, -0.25) is 14.6 Å². The number of benzene rings is 3. The largest absolute Gasteiger partial charge is 0.490 e. The average molecular weight is 744 g/mol. The topological polar surface area (TPSA) is 90.7 Å². The van der Waals surface area contributed by atoms with E-state index in [0.717, 1.165) is 48.9 Å². The summed E-state index contributed by atoms with van der Waals surface area (Å²) in [6.07, 6.45) is 8.84. The Kier molecular flexibility index (Phi) is 13.6. The number of nitrogens with one attached hydrogen (secondary N) is 1. The van der Waals surface area contributed by atoms with Crippen LogP contribution in [0, 0.1) is 5.92 Å². The molecule has 2 N–H and O–H groups in total. The molecule has 1 saturated carbocycles. The molecule has 1 aromatic heterocycles. The molecule has 1 atom stereocenters. The van der Waals surface area contributed by atoms with Crippen LogP contribution in [0.1, 0.15) is 87.7 Å². The van der Waals surface area contributed by atoms with Crippen molar-refractivity contribution < 1.29 is 27.9 Å². The summed E-state index contributed by atoms with van der Waals surface area (Å²) in [5.41, 5.74) is 5.75. The molecule has 2 aliphatic heterocycles. The van der Waals surface area contributed by atoms with Gasteiger partial charge in [-0.2, -0.15) is 18.3 Å². The van der Waals surface area contributed by atoms with Gasteiger partial charge in [-0.15, -0.1) is 0 Å². The molecule has 54 heavy (non-hydrogen) atoms. The van der Waals surface area contributed by atoms with Gasteiger partial charge in [0.05, 0.1) is 17.9 Å². The molecule has 1 aliphatic carbocycles. The Morgan fingerprint density at radius 1 is 0.759 bits per heavy atom. The molecule has 1 amide bonds. The highest BCUT2D eigenvalue weighted by Crippen LogP contribution is 2.35. The van der Waals surface area contributed by atoms with Gasteiger partial charge >= 0.3 is 12.1 Å². The van der Waals surface area contributed by atoms with Crippen molar-refractivity contribution in [1.29, 1.82) is 0 Å². The minimum atomic E-state index is -5.08. The van der Waals surface area contributed by atoms with E-state index in [-0.39, 0.29) is 5.91 Å². The number of hydrogen-bond acceptors (Lipinski definition) is 5. The van der Waals surface area contributed by atoms with E-state index >= 15 is 0 Å². The van der Waals surface area contributed by atoms with Crippen molar-refractivity contribution in [2.75, 3.05) is 31.5 Å². The van der Waals surface area contributed by atoms with E-state index in [0.29, 0.717) is 24.4 Å². The molecule has 8 nitrogen and oxygen atoms in total. The number of carbonyl (C=O) groups excluding carboxylic acids is 1. The van der Waals surface area contributed by atoms with Crippen molar-refractivity contribution in [3.05, 3.63) is 102 Å². The molecule has 7 rings (SSSR count). The summed E-state index contributed by atoms with van der Waals surface area (Å²) in [5.74, 6) is -0.652. The minimum absolute atomic E-state index is 0.0506. The Morgan fingerprint density at radius 2 is 1.37 bits per heavy atom. The predicted octanol–water partition coefficient (Wildman–Crippen LogP) is 9.32. The third kappa shape index (κ3) is 10.8. The zero-order valence-corrected chi connectivity index (χ0v) is 30.9. The molecule has 3 fully saturated rings. The quantitative estimate of drug-likeness (QED) is 0.178. The second kappa shape index (κ2) is 18.7. The van der Waals surface area contributed by atoms with Gasteiger partial charge in [0.2, 0.25) is 5.91 Å². The van der Waals surface area contributed by atoms with Crippen LogP contribution < -0.4 is 5.32 Å². The van der Waals surface area contributed by atoms with Crippen molar-refractivity contribution >= 4 is 17.7 Å². The van der Waals surface area contributed by atoms with E-state index in [1.165, 1.54) is 81.8 Å². The number of carboxylic acids is 1. The number of nitrogens with zero attached hydrogens (tertiary/aromatic N) is 4. The molecule has 3 heterocycles. The normalized spacial score (nSPS) is 19.4. The number of carboxylic acid groups (broad SMARTS) is 1. The van der Waals surface area contributed by atoms with Crippen LogP contribution in [0.5, 0.6) is 0 Å². The third-order valence-corrected chi connectivity index (χ3v) is 11.2. The fourth-order valence-electron chi connectivity index (χ4n) is 8.37. The van der Waals surface area contributed by atoms with Gasteiger partial charge in [0.1, 0.15) is 5.82 Å². The Balaban J connectivity index is 0.000000649. The maximum absolute atomic E-state index is 13.8. The van der Waals surface area contributed by atoms with Gasteiger partial charge in [0, 0.05) is 24.2 Å². The number of rotatable bonds is 9.